The topological polar surface area (TPSA) is 82.3 Å². The number of carbonyl (C=O) groups excluding carboxylic acids is 2. The van der Waals surface area contributed by atoms with Crippen LogP contribution in [0.15, 0.2) is 59.4 Å². The van der Waals surface area contributed by atoms with Crippen molar-refractivity contribution in [2.24, 2.45) is 0 Å². The van der Waals surface area contributed by atoms with E-state index in [-0.39, 0.29) is 12.1 Å². The Balaban J connectivity index is 1.77. The van der Waals surface area contributed by atoms with Gasteiger partial charge in [0, 0.05) is 29.7 Å². The van der Waals surface area contributed by atoms with Gasteiger partial charge in [-0.3, -0.25) is 14.4 Å². The lowest BCUT2D eigenvalue weighted by Gasteiger charge is -2.17. The van der Waals surface area contributed by atoms with Crippen LogP contribution < -0.4 is 10.9 Å². The molecule has 2 aromatic carbocycles. The summed E-state index contributed by atoms with van der Waals surface area (Å²) in [6, 6.07) is 13.5. The van der Waals surface area contributed by atoms with Gasteiger partial charge in [-0.2, -0.15) is 0 Å². The zero-order valence-corrected chi connectivity index (χ0v) is 14.0. The van der Waals surface area contributed by atoms with Crippen LogP contribution in [0.4, 0.5) is 10.1 Å². The van der Waals surface area contributed by atoms with Crippen molar-refractivity contribution in [1.82, 2.24) is 9.88 Å². The van der Waals surface area contributed by atoms with Crippen LogP contribution in [0.1, 0.15) is 10.4 Å². The molecule has 6 nitrogen and oxygen atoms in total. The molecular formula is C19H16FN3O3. The number of carbonyl (C=O) groups is 2. The first-order valence-corrected chi connectivity index (χ1v) is 7.87. The van der Waals surface area contributed by atoms with Crippen molar-refractivity contribution in [3.8, 4) is 0 Å². The number of amides is 2. The number of halogens is 1. The number of hydrogen-bond acceptors (Lipinski definition) is 3. The summed E-state index contributed by atoms with van der Waals surface area (Å²) in [5, 5.41) is 3.19. The van der Waals surface area contributed by atoms with Gasteiger partial charge in [0.25, 0.3) is 5.91 Å². The summed E-state index contributed by atoms with van der Waals surface area (Å²) in [5.74, 6) is -1.28. The van der Waals surface area contributed by atoms with E-state index < -0.39 is 23.2 Å². The molecule has 2 amide bonds. The Labute approximate surface area is 148 Å². The summed E-state index contributed by atoms with van der Waals surface area (Å²) in [6.07, 6.45) is 0. The molecule has 0 saturated carbocycles. The molecule has 0 aliphatic rings. The first-order chi connectivity index (χ1) is 12.4. The molecular weight excluding hydrogens is 337 g/mol. The van der Waals surface area contributed by atoms with Gasteiger partial charge in [0.15, 0.2) is 0 Å². The Morgan fingerprint density at radius 2 is 1.81 bits per heavy atom. The molecule has 3 rings (SSSR count). The maximum Gasteiger partial charge on any atom is 0.254 e. The molecule has 2 N–H and O–H groups in total. The van der Waals surface area contributed by atoms with Crippen molar-refractivity contribution in [1.29, 1.82) is 0 Å². The molecule has 0 unspecified atom stereocenters. The van der Waals surface area contributed by atoms with Crippen molar-refractivity contribution >= 4 is 28.4 Å². The van der Waals surface area contributed by atoms with Gasteiger partial charge in [-0.1, -0.05) is 18.2 Å². The van der Waals surface area contributed by atoms with E-state index in [0.717, 1.165) is 0 Å². The summed E-state index contributed by atoms with van der Waals surface area (Å²) in [7, 11) is 1.47. The smallest absolute Gasteiger partial charge is 0.254 e. The average Bonchev–Trinajstić information content (AvgIpc) is 2.62. The predicted molar refractivity (Wildman–Crippen MR) is 96.6 cm³/mol. The molecule has 0 atom stereocenters. The number of para-hydroxylation sites is 1. The number of likely N-dealkylation sites (N-methyl/N-ethyl adjacent to an activating group) is 1. The number of aromatic amines is 1. The highest BCUT2D eigenvalue weighted by molar-refractivity contribution is 6.07. The van der Waals surface area contributed by atoms with Crippen molar-refractivity contribution in [2.75, 3.05) is 18.9 Å². The quantitative estimate of drug-likeness (QED) is 0.755. The normalized spacial score (nSPS) is 10.5. The second kappa shape index (κ2) is 7.18. The Morgan fingerprint density at radius 1 is 1.12 bits per heavy atom. The van der Waals surface area contributed by atoms with E-state index in [2.05, 4.69) is 10.3 Å². The standard InChI is InChI=1S/C19H16FN3O3/c1-23(11-18(25)21-13-8-6-12(20)7-9-13)19(26)15-10-17(24)22-16-5-3-2-4-14(15)16/h2-10H,11H2,1H3,(H,21,25)(H,22,24). The highest BCUT2D eigenvalue weighted by Crippen LogP contribution is 2.16. The zero-order valence-electron chi connectivity index (χ0n) is 14.0. The zero-order chi connectivity index (χ0) is 18.7. The van der Waals surface area contributed by atoms with Gasteiger partial charge in [0.2, 0.25) is 11.5 Å². The molecule has 1 aromatic heterocycles. The monoisotopic (exact) mass is 353 g/mol. The van der Waals surface area contributed by atoms with E-state index in [1.165, 1.54) is 42.3 Å². The molecule has 26 heavy (non-hydrogen) atoms. The van der Waals surface area contributed by atoms with Crippen LogP contribution in [0, 0.1) is 5.82 Å². The highest BCUT2D eigenvalue weighted by atomic mass is 19.1. The molecule has 0 aliphatic carbocycles. The lowest BCUT2D eigenvalue weighted by Crippen LogP contribution is -2.35. The van der Waals surface area contributed by atoms with Crippen LogP contribution in [-0.2, 0) is 4.79 Å². The summed E-state index contributed by atoms with van der Waals surface area (Å²) >= 11 is 0. The molecule has 0 spiro atoms. The molecule has 7 heteroatoms. The largest absolute Gasteiger partial charge is 0.332 e. The summed E-state index contributed by atoms with van der Waals surface area (Å²) in [5.41, 5.74) is 0.809. The number of nitrogens with one attached hydrogen (secondary N) is 2. The molecule has 0 aliphatic heterocycles. The van der Waals surface area contributed by atoms with Crippen molar-refractivity contribution in [3.05, 3.63) is 76.3 Å². The SMILES string of the molecule is CN(CC(=O)Nc1ccc(F)cc1)C(=O)c1cc(=O)[nH]c2ccccc12. The van der Waals surface area contributed by atoms with Crippen molar-refractivity contribution in [3.63, 3.8) is 0 Å². The van der Waals surface area contributed by atoms with Crippen LogP contribution in [0.2, 0.25) is 0 Å². The number of rotatable bonds is 4. The number of benzene rings is 2. The summed E-state index contributed by atoms with van der Waals surface area (Å²) in [6.45, 7) is -0.211. The van der Waals surface area contributed by atoms with Crippen LogP contribution in [0.5, 0.6) is 0 Å². The Morgan fingerprint density at radius 3 is 2.54 bits per heavy atom. The third kappa shape index (κ3) is 3.77. The maximum absolute atomic E-state index is 12.9. The van der Waals surface area contributed by atoms with Gasteiger partial charge in [-0.15, -0.1) is 0 Å². The fourth-order valence-electron chi connectivity index (χ4n) is 2.61. The fraction of sp³-hybridized carbons (Fsp3) is 0.105. The fourth-order valence-corrected chi connectivity index (χ4v) is 2.61. The van der Waals surface area contributed by atoms with E-state index >= 15 is 0 Å². The van der Waals surface area contributed by atoms with Gasteiger partial charge in [-0.05, 0) is 30.3 Å². The average molecular weight is 353 g/mol. The summed E-state index contributed by atoms with van der Waals surface area (Å²) in [4.78, 5) is 40.5. The van der Waals surface area contributed by atoms with Crippen molar-refractivity contribution in [2.45, 2.75) is 0 Å². The van der Waals surface area contributed by atoms with E-state index in [1.54, 1.807) is 24.3 Å². The van der Waals surface area contributed by atoms with Gasteiger partial charge >= 0.3 is 0 Å². The minimum Gasteiger partial charge on any atom is -0.332 e. The first-order valence-electron chi connectivity index (χ1n) is 7.87. The van der Waals surface area contributed by atoms with E-state index in [4.69, 9.17) is 0 Å². The number of H-pyrrole nitrogens is 1. The number of fused-ring (bicyclic) bond motifs is 1. The highest BCUT2D eigenvalue weighted by Gasteiger charge is 2.18. The number of anilines is 1. The van der Waals surface area contributed by atoms with E-state index in [0.29, 0.717) is 16.6 Å². The van der Waals surface area contributed by atoms with Crippen LogP contribution in [-0.4, -0.2) is 35.3 Å². The molecule has 0 fully saturated rings. The molecule has 132 valence electrons. The van der Waals surface area contributed by atoms with Crippen LogP contribution in [0.25, 0.3) is 10.9 Å². The van der Waals surface area contributed by atoms with Crippen LogP contribution in [0.3, 0.4) is 0 Å². The van der Waals surface area contributed by atoms with Gasteiger partial charge in [0.1, 0.15) is 5.82 Å². The number of pyridine rings is 1. The lowest BCUT2D eigenvalue weighted by molar-refractivity contribution is -0.116. The van der Waals surface area contributed by atoms with E-state index in [1.807, 2.05) is 0 Å². The van der Waals surface area contributed by atoms with Crippen molar-refractivity contribution < 1.29 is 14.0 Å². The lowest BCUT2D eigenvalue weighted by atomic mass is 10.1. The Kier molecular flexibility index (Phi) is 4.79. The second-order valence-corrected chi connectivity index (χ2v) is 5.81. The van der Waals surface area contributed by atoms with E-state index in [9.17, 15) is 18.8 Å². The maximum atomic E-state index is 12.9. The summed E-state index contributed by atoms with van der Waals surface area (Å²) < 4.78 is 12.9. The second-order valence-electron chi connectivity index (χ2n) is 5.81. The third-order valence-corrected chi connectivity index (χ3v) is 3.84. The molecule has 0 saturated heterocycles. The molecule has 3 aromatic rings. The minimum absolute atomic E-state index is 0.211. The minimum atomic E-state index is -0.443. The molecule has 1 heterocycles. The number of nitrogens with zero attached hydrogens (tertiary/aromatic N) is 1. The third-order valence-electron chi connectivity index (χ3n) is 3.84. The number of hydrogen-bond donors (Lipinski definition) is 2. The Bertz CT molecular complexity index is 1030. The van der Waals surface area contributed by atoms with Gasteiger partial charge < -0.3 is 15.2 Å². The Hall–Kier alpha value is -3.48. The van der Waals surface area contributed by atoms with Gasteiger partial charge in [0.05, 0.1) is 12.1 Å². The number of aromatic nitrogens is 1. The molecule has 0 bridgehead atoms. The first kappa shape index (κ1) is 17.3. The van der Waals surface area contributed by atoms with Gasteiger partial charge in [-0.25, -0.2) is 4.39 Å². The molecule has 0 radical (unpaired) electrons. The van der Waals surface area contributed by atoms with Crippen LogP contribution >= 0.6 is 0 Å². The predicted octanol–water partition coefficient (Wildman–Crippen LogP) is 2.38.